The maximum absolute atomic E-state index is 12.9. The number of fused-ring (bicyclic) bond motifs is 4. The molecule has 3 aromatic rings. The van der Waals surface area contributed by atoms with Crippen molar-refractivity contribution in [2.45, 2.75) is 31.3 Å². The maximum Gasteiger partial charge on any atom is 0.323 e. The van der Waals surface area contributed by atoms with Crippen LogP contribution in [0.1, 0.15) is 33.0 Å². The second kappa shape index (κ2) is 6.08. The Bertz CT molecular complexity index is 1070. The van der Waals surface area contributed by atoms with E-state index in [1.807, 2.05) is 35.2 Å². The molecule has 27 heavy (non-hydrogen) atoms. The molecular formula is C19H21N5O3. The summed E-state index contributed by atoms with van der Waals surface area (Å²) >= 11 is 0. The van der Waals surface area contributed by atoms with E-state index in [0.717, 1.165) is 29.7 Å². The first kappa shape index (κ1) is 15.8. The molecule has 2 amide bonds. The molecular weight excluding hydrogens is 346 g/mol. The quantitative estimate of drug-likeness (QED) is 0.724. The Morgan fingerprint density at radius 3 is 2.96 bits per heavy atom. The van der Waals surface area contributed by atoms with Crippen molar-refractivity contribution in [1.29, 1.82) is 0 Å². The fourth-order valence-corrected chi connectivity index (χ4v) is 4.06. The van der Waals surface area contributed by atoms with Gasteiger partial charge >= 0.3 is 6.03 Å². The van der Waals surface area contributed by atoms with Crippen LogP contribution >= 0.6 is 0 Å². The van der Waals surface area contributed by atoms with Crippen molar-refractivity contribution in [1.82, 2.24) is 20.3 Å². The molecule has 2 N–H and O–H groups in total. The van der Waals surface area contributed by atoms with Gasteiger partial charge in [0.25, 0.3) is 5.56 Å². The number of carbonyl (C=O) groups excluding carboxylic acids is 1. The number of aromatic amines is 1. The summed E-state index contributed by atoms with van der Waals surface area (Å²) in [6.07, 6.45) is 2.36. The summed E-state index contributed by atoms with van der Waals surface area (Å²) in [5.41, 5.74) is 2.40. The SMILES string of the molecule is O=C(Nc1cc(-c2ccccc2)on1)N1[C@H]2CC[C@@H]1c1n[nH]c(=O)cc1C2.[HH].[HH]. The number of carbonyl (C=O) groups is 1. The van der Waals surface area contributed by atoms with E-state index in [4.69, 9.17) is 4.52 Å². The predicted octanol–water partition coefficient (Wildman–Crippen LogP) is 3.21. The van der Waals surface area contributed by atoms with Gasteiger partial charge in [-0.15, -0.1) is 0 Å². The van der Waals surface area contributed by atoms with Gasteiger partial charge in [-0.05, 0) is 24.8 Å². The first-order valence-corrected chi connectivity index (χ1v) is 8.89. The van der Waals surface area contributed by atoms with Crippen LogP contribution in [0.2, 0.25) is 0 Å². The van der Waals surface area contributed by atoms with Crippen LogP contribution in [0.15, 0.2) is 51.8 Å². The highest BCUT2D eigenvalue weighted by molar-refractivity contribution is 5.89. The fourth-order valence-electron chi connectivity index (χ4n) is 4.06. The lowest BCUT2D eigenvalue weighted by molar-refractivity contribution is 0.177. The number of hydrogen-bond donors (Lipinski definition) is 2. The Morgan fingerprint density at radius 2 is 2.11 bits per heavy atom. The highest BCUT2D eigenvalue weighted by atomic mass is 16.5. The molecule has 1 aromatic carbocycles. The van der Waals surface area contributed by atoms with Crippen LogP contribution in [0.4, 0.5) is 10.6 Å². The largest absolute Gasteiger partial charge is 0.354 e. The summed E-state index contributed by atoms with van der Waals surface area (Å²) in [4.78, 5) is 26.2. The van der Waals surface area contributed by atoms with Crippen molar-refractivity contribution in [2.24, 2.45) is 0 Å². The minimum atomic E-state index is -0.228. The van der Waals surface area contributed by atoms with Crippen molar-refractivity contribution >= 4 is 11.8 Å². The number of H-pyrrole nitrogens is 1. The molecule has 8 nitrogen and oxygen atoms in total. The van der Waals surface area contributed by atoms with Gasteiger partial charge in [-0.2, -0.15) is 5.10 Å². The van der Waals surface area contributed by atoms with E-state index < -0.39 is 0 Å². The van der Waals surface area contributed by atoms with E-state index in [9.17, 15) is 9.59 Å². The molecule has 2 aliphatic heterocycles. The highest BCUT2D eigenvalue weighted by Crippen LogP contribution is 2.42. The fraction of sp³-hybridized carbons (Fsp3) is 0.263. The summed E-state index contributed by atoms with van der Waals surface area (Å²) < 4.78 is 5.34. The second-order valence-electron chi connectivity index (χ2n) is 6.87. The first-order chi connectivity index (χ1) is 13.2. The standard InChI is InChI=1S/C19H17N5O3.2H2/c25-17-9-12-8-13-6-7-14(18(12)22-21-17)24(13)19(26)20-16-10-15(27-23-16)11-4-2-1-3-5-11;;/h1-5,9-10,13-14H,6-8H2,(H,21,25)(H,20,23,26);2*1H/t13-,14+;;/m0../s1. The maximum atomic E-state index is 12.9. The van der Waals surface area contributed by atoms with E-state index in [1.165, 1.54) is 0 Å². The van der Waals surface area contributed by atoms with E-state index in [0.29, 0.717) is 18.0 Å². The van der Waals surface area contributed by atoms with Gasteiger partial charge in [-0.1, -0.05) is 35.5 Å². The molecule has 2 bridgehead atoms. The smallest absolute Gasteiger partial charge is 0.323 e. The van der Waals surface area contributed by atoms with Gasteiger partial charge in [0.05, 0.1) is 11.7 Å². The van der Waals surface area contributed by atoms with Crippen molar-refractivity contribution in [3.8, 4) is 11.3 Å². The Morgan fingerprint density at radius 1 is 1.26 bits per heavy atom. The molecule has 2 atom stereocenters. The van der Waals surface area contributed by atoms with E-state index in [-0.39, 0.29) is 26.5 Å². The zero-order valence-electron chi connectivity index (χ0n) is 14.4. The van der Waals surface area contributed by atoms with Gasteiger partial charge in [0.15, 0.2) is 11.6 Å². The normalized spacial score (nSPS) is 20.4. The lowest BCUT2D eigenvalue weighted by Gasteiger charge is -2.34. The number of rotatable bonds is 2. The molecule has 8 heteroatoms. The topological polar surface area (TPSA) is 104 Å². The molecule has 0 unspecified atom stereocenters. The third-order valence-electron chi connectivity index (χ3n) is 5.23. The van der Waals surface area contributed by atoms with Crippen LogP contribution in [0.25, 0.3) is 11.3 Å². The third-order valence-corrected chi connectivity index (χ3v) is 5.23. The Hall–Kier alpha value is -3.42. The van der Waals surface area contributed by atoms with Gasteiger partial charge in [0, 0.05) is 26.6 Å². The van der Waals surface area contributed by atoms with Gasteiger partial charge < -0.3 is 9.42 Å². The zero-order chi connectivity index (χ0) is 18.4. The summed E-state index contributed by atoms with van der Waals surface area (Å²) in [5, 5.41) is 13.5. The lowest BCUT2D eigenvalue weighted by Crippen LogP contribution is -2.45. The van der Waals surface area contributed by atoms with Crippen LogP contribution in [0.5, 0.6) is 0 Å². The second-order valence-corrected chi connectivity index (χ2v) is 6.87. The van der Waals surface area contributed by atoms with E-state index in [1.54, 1.807) is 12.1 Å². The molecule has 0 aliphatic carbocycles. The van der Waals surface area contributed by atoms with Crippen LogP contribution in [0.3, 0.4) is 0 Å². The van der Waals surface area contributed by atoms with Crippen LogP contribution in [-0.2, 0) is 6.42 Å². The number of hydrogen-bond acceptors (Lipinski definition) is 5. The summed E-state index contributed by atoms with van der Waals surface area (Å²) in [6, 6.07) is 12.6. The van der Waals surface area contributed by atoms with Crippen LogP contribution in [-0.4, -0.2) is 32.3 Å². The van der Waals surface area contributed by atoms with Crippen molar-refractivity contribution in [3.05, 3.63) is 64.1 Å². The zero-order valence-corrected chi connectivity index (χ0v) is 14.4. The van der Waals surface area contributed by atoms with Gasteiger partial charge in [-0.3, -0.25) is 10.1 Å². The van der Waals surface area contributed by atoms with Crippen LogP contribution < -0.4 is 10.9 Å². The van der Waals surface area contributed by atoms with E-state index in [2.05, 4.69) is 20.7 Å². The molecule has 4 heterocycles. The Kier molecular flexibility index (Phi) is 3.56. The monoisotopic (exact) mass is 367 g/mol. The lowest BCUT2D eigenvalue weighted by atomic mass is 9.99. The number of aromatic nitrogens is 3. The van der Waals surface area contributed by atoms with Crippen molar-refractivity contribution in [2.75, 3.05) is 5.32 Å². The third kappa shape index (κ3) is 2.69. The number of nitrogens with one attached hydrogen (secondary N) is 2. The Balaban J connectivity index is 0.00000120. The minimum absolute atomic E-state index is 0. The molecule has 2 aromatic heterocycles. The molecule has 5 rings (SSSR count). The minimum Gasteiger partial charge on any atom is -0.354 e. The molecule has 140 valence electrons. The van der Waals surface area contributed by atoms with Crippen molar-refractivity contribution < 1.29 is 12.2 Å². The number of urea groups is 1. The average molecular weight is 367 g/mol. The Labute approximate surface area is 157 Å². The van der Waals surface area contributed by atoms with Crippen LogP contribution in [0, 0.1) is 0 Å². The molecule has 2 aliphatic rings. The highest BCUT2D eigenvalue weighted by Gasteiger charge is 2.44. The van der Waals surface area contributed by atoms with Gasteiger partial charge in [-0.25, -0.2) is 9.89 Å². The number of benzene rings is 1. The summed E-state index contributed by atoms with van der Waals surface area (Å²) in [7, 11) is 0. The average Bonchev–Trinajstić information content (AvgIpc) is 3.26. The first-order valence-electron chi connectivity index (χ1n) is 8.89. The van der Waals surface area contributed by atoms with Gasteiger partial charge in [0.2, 0.25) is 0 Å². The summed E-state index contributed by atoms with van der Waals surface area (Å²) in [6.45, 7) is 0. The summed E-state index contributed by atoms with van der Waals surface area (Å²) in [5.74, 6) is 0.968. The molecule has 0 spiro atoms. The number of nitrogens with zero attached hydrogens (tertiary/aromatic N) is 3. The number of anilines is 1. The molecule has 0 radical (unpaired) electrons. The van der Waals surface area contributed by atoms with E-state index >= 15 is 0 Å². The van der Waals surface area contributed by atoms with Crippen molar-refractivity contribution in [3.63, 3.8) is 0 Å². The molecule has 1 saturated heterocycles. The van der Waals surface area contributed by atoms with Gasteiger partial charge in [0.1, 0.15) is 0 Å². The molecule has 1 fully saturated rings. The number of amides is 2. The predicted molar refractivity (Wildman–Crippen MR) is 101 cm³/mol. The molecule has 0 saturated carbocycles.